The quantitative estimate of drug-likeness (QED) is 0.623. The van der Waals surface area contributed by atoms with Crippen molar-refractivity contribution in [3.05, 3.63) is 39.4 Å². The number of carbonyl (C=O) groups excluding carboxylic acids is 1. The van der Waals surface area contributed by atoms with Gasteiger partial charge in [-0.15, -0.1) is 0 Å². The standard InChI is InChI=1S/C15H17N3O5S/c1-22-12-6-9(23-5-4-19)2-3-10(12)11-7-14(21)17-15(24)18(11)8-13(16)20/h2-3,6-7,19H,4-5,8H2,1H3,(H2,16,20)(H,17,21,24). The molecule has 0 bridgehead atoms. The Hall–Kier alpha value is -2.65. The fraction of sp³-hybridized carbons (Fsp3) is 0.267. The van der Waals surface area contributed by atoms with Crippen molar-refractivity contribution in [1.29, 1.82) is 0 Å². The number of aliphatic hydroxyl groups is 1. The van der Waals surface area contributed by atoms with E-state index in [2.05, 4.69) is 4.98 Å². The van der Waals surface area contributed by atoms with E-state index in [1.807, 2.05) is 0 Å². The Morgan fingerprint density at radius 3 is 2.79 bits per heavy atom. The van der Waals surface area contributed by atoms with Gasteiger partial charge < -0.3 is 24.9 Å². The van der Waals surface area contributed by atoms with E-state index in [0.29, 0.717) is 22.8 Å². The Labute approximate surface area is 142 Å². The number of primary amides is 1. The number of aliphatic hydroxyl groups excluding tert-OH is 1. The van der Waals surface area contributed by atoms with Crippen LogP contribution in [-0.2, 0) is 11.3 Å². The summed E-state index contributed by atoms with van der Waals surface area (Å²) in [5.41, 5.74) is 5.80. The maximum Gasteiger partial charge on any atom is 0.252 e. The Morgan fingerprint density at radius 1 is 1.42 bits per heavy atom. The predicted octanol–water partition coefficient (Wildman–Crippen LogP) is 0.438. The van der Waals surface area contributed by atoms with Crippen LogP contribution in [0, 0.1) is 4.77 Å². The molecule has 0 aliphatic rings. The summed E-state index contributed by atoms with van der Waals surface area (Å²) in [6.45, 7) is -0.154. The second-order valence-electron chi connectivity index (χ2n) is 4.81. The van der Waals surface area contributed by atoms with Crippen LogP contribution in [0.4, 0.5) is 0 Å². The number of H-pyrrole nitrogens is 1. The summed E-state index contributed by atoms with van der Waals surface area (Å²) in [5, 5.41) is 8.81. The van der Waals surface area contributed by atoms with Gasteiger partial charge in [-0.25, -0.2) is 0 Å². The molecule has 4 N–H and O–H groups in total. The van der Waals surface area contributed by atoms with Gasteiger partial charge >= 0.3 is 0 Å². The molecule has 0 aliphatic heterocycles. The molecule has 1 heterocycles. The number of aromatic amines is 1. The number of nitrogens with two attached hydrogens (primary N) is 1. The fourth-order valence-electron chi connectivity index (χ4n) is 2.19. The summed E-state index contributed by atoms with van der Waals surface area (Å²) in [7, 11) is 1.47. The van der Waals surface area contributed by atoms with Gasteiger partial charge in [0.05, 0.1) is 19.4 Å². The number of benzene rings is 1. The summed E-state index contributed by atoms with van der Waals surface area (Å²) in [5.74, 6) is 0.319. The minimum atomic E-state index is -0.596. The van der Waals surface area contributed by atoms with E-state index < -0.39 is 11.5 Å². The normalized spacial score (nSPS) is 10.4. The molecule has 24 heavy (non-hydrogen) atoms. The van der Waals surface area contributed by atoms with Crippen molar-refractivity contribution < 1.29 is 19.4 Å². The molecule has 0 spiro atoms. The van der Waals surface area contributed by atoms with Crippen molar-refractivity contribution in [3.8, 4) is 22.8 Å². The van der Waals surface area contributed by atoms with Crippen LogP contribution in [0.2, 0.25) is 0 Å². The lowest BCUT2D eigenvalue weighted by molar-refractivity contribution is -0.118. The number of rotatable bonds is 7. The molecule has 0 fully saturated rings. The number of carbonyl (C=O) groups is 1. The van der Waals surface area contributed by atoms with E-state index in [1.165, 1.54) is 17.7 Å². The van der Waals surface area contributed by atoms with Gasteiger partial charge in [0, 0.05) is 17.7 Å². The van der Waals surface area contributed by atoms with Crippen molar-refractivity contribution in [1.82, 2.24) is 9.55 Å². The van der Waals surface area contributed by atoms with Crippen molar-refractivity contribution in [2.24, 2.45) is 5.73 Å². The molecule has 1 aromatic carbocycles. The van der Waals surface area contributed by atoms with E-state index >= 15 is 0 Å². The number of nitrogens with one attached hydrogen (secondary N) is 1. The molecule has 128 valence electrons. The van der Waals surface area contributed by atoms with Gasteiger partial charge in [-0.2, -0.15) is 0 Å². The molecule has 0 atom stereocenters. The van der Waals surface area contributed by atoms with Crippen LogP contribution < -0.4 is 20.8 Å². The van der Waals surface area contributed by atoms with E-state index in [1.54, 1.807) is 18.2 Å². The summed E-state index contributed by atoms with van der Waals surface area (Å²) >= 11 is 5.11. The summed E-state index contributed by atoms with van der Waals surface area (Å²) in [6, 6.07) is 6.26. The molecule has 1 amide bonds. The average molecular weight is 351 g/mol. The number of amides is 1. The molecule has 0 saturated heterocycles. The lowest BCUT2D eigenvalue weighted by atomic mass is 10.1. The van der Waals surface area contributed by atoms with Gasteiger partial charge in [-0.3, -0.25) is 14.6 Å². The first-order valence-electron chi connectivity index (χ1n) is 7.00. The second-order valence-corrected chi connectivity index (χ2v) is 5.20. The molecule has 0 unspecified atom stereocenters. The molecule has 2 rings (SSSR count). The molecule has 8 nitrogen and oxygen atoms in total. The fourth-order valence-corrected chi connectivity index (χ4v) is 2.46. The Balaban J connectivity index is 2.60. The maximum atomic E-state index is 11.8. The molecule has 0 radical (unpaired) electrons. The summed E-state index contributed by atoms with van der Waals surface area (Å²) in [4.78, 5) is 25.5. The third-order valence-electron chi connectivity index (χ3n) is 3.16. The first kappa shape index (κ1) is 17.7. The van der Waals surface area contributed by atoms with Gasteiger partial charge in [0.15, 0.2) is 4.77 Å². The molecule has 0 aliphatic carbocycles. The minimum absolute atomic E-state index is 0.0824. The third-order valence-corrected chi connectivity index (χ3v) is 3.48. The van der Waals surface area contributed by atoms with E-state index in [0.717, 1.165) is 0 Å². The largest absolute Gasteiger partial charge is 0.496 e. The number of hydrogen-bond acceptors (Lipinski definition) is 6. The highest BCUT2D eigenvalue weighted by atomic mass is 32.1. The van der Waals surface area contributed by atoms with Gasteiger partial charge in [0.2, 0.25) is 5.91 Å². The molecule has 2 aromatic rings. The maximum absolute atomic E-state index is 11.8. The van der Waals surface area contributed by atoms with Gasteiger partial charge in [-0.1, -0.05) is 0 Å². The number of nitrogens with zero attached hydrogens (tertiary/aromatic N) is 1. The van der Waals surface area contributed by atoms with Crippen molar-refractivity contribution in [2.45, 2.75) is 6.54 Å². The second kappa shape index (κ2) is 7.75. The van der Waals surface area contributed by atoms with Crippen molar-refractivity contribution in [2.75, 3.05) is 20.3 Å². The first-order valence-corrected chi connectivity index (χ1v) is 7.41. The SMILES string of the molecule is COc1cc(OCCO)ccc1-c1cc(=O)[nH]c(=S)n1CC(N)=O. The molecular formula is C15H17N3O5S. The monoisotopic (exact) mass is 351 g/mol. The zero-order valence-corrected chi connectivity index (χ0v) is 13.8. The van der Waals surface area contributed by atoms with Crippen LogP contribution in [0.3, 0.4) is 0 Å². The van der Waals surface area contributed by atoms with Crippen LogP contribution >= 0.6 is 12.2 Å². The van der Waals surface area contributed by atoms with E-state index in [-0.39, 0.29) is 24.5 Å². The molecular weight excluding hydrogens is 334 g/mol. The number of hydrogen-bond donors (Lipinski definition) is 3. The zero-order valence-electron chi connectivity index (χ0n) is 12.9. The number of methoxy groups -OCH3 is 1. The van der Waals surface area contributed by atoms with E-state index in [9.17, 15) is 9.59 Å². The van der Waals surface area contributed by atoms with E-state index in [4.69, 9.17) is 32.5 Å². The lowest BCUT2D eigenvalue weighted by Gasteiger charge is -2.16. The summed E-state index contributed by atoms with van der Waals surface area (Å²) in [6.07, 6.45) is 0. The van der Waals surface area contributed by atoms with Gasteiger partial charge in [0.1, 0.15) is 24.7 Å². The van der Waals surface area contributed by atoms with Crippen LogP contribution in [0.15, 0.2) is 29.1 Å². The Morgan fingerprint density at radius 2 is 2.17 bits per heavy atom. The van der Waals surface area contributed by atoms with Crippen LogP contribution in [0.25, 0.3) is 11.3 Å². The minimum Gasteiger partial charge on any atom is -0.496 e. The third kappa shape index (κ3) is 4.00. The van der Waals surface area contributed by atoms with Crippen LogP contribution in [0.1, 0.15) is 0 Å². The smallest absolute Gasteiger partial charge is 0.252 e. The van der Waals surface area contributed by atoms with Crippen LogP contribution in [-0.4, -0.2) is 40.9 Å². The first-order chi connectivity index (χ1) is 11.5. The highest BCUT2D eigenvalue weighted by molar-refractivity contribution is 7.71. The number of ether oxygens (including phenoxy) is 2. The zero-order chi connectivity index (χ0) is 17.7. The predicted molar refractivity (Wildman–Crippen MR) is 89.6 cm³/mol. The number of aromatic nitrogens is 2. The molecule has 0 saturated carbocycles. The van der Waals surface area contributed by atoms with Crippen molar-refractivity contribution >= 4 is 18.1 Å². The average Bonchev–Trinajstić information content (AvgIpc) is 2.54. The molecule has 9 heteroatoms. The Kier molecular flexibility index (Phi) is 5.72. The topological polar surface area (TPSA) is 120 Å². The molecule has 1 aromatic heterocycles. The van der Waals surface area contributed by atoms with Gasteiger partial charge in [0.25, 0.3) is 5.56 Å². The van der Waals surface area contributed by atoms with Crippen molar-refractivity contribution in [3.63, 3.8) is 0 Å². The highest BCUT2D eigenvalue weighted by Gasteiger charge is 2.14. The highest BCUT2D eigenvalue weighted by Crippen LogP contribution is 2.32. The lowest BCUT2D eigenvalue weighted by Crippen LogP contribution is -2.23. The summed E-state index contributed by atoms with van der Waals surface area (Å²) < 4.78 is 12.2. The van der Waals surface area contributed by atoms with Gasteiger partial charge in [-0.05, 0) is 24.4 Å². The Bertz CT molecular complexity index is 859. The van der Waals surface area contributed by atoms with Crippen LogP contribution in [0.5, 0.6) is 11.5 Å².